The van der Waals surface area contributed by atoms with E-state index >= 15 is 0 Å². The Morgan fingerprint density at radius 3 is 2.41 bits per heavy atom. The Hall–Kier alpha value is -3.08. The van der Waals surface area contributed by atoms with Crippen LogP contribution in [-0.4, -0.2) is 32.4 Å². The third kappa shape index (κ3) is 3.58. The van der Waals surface area contributed by atoms with Gasteiger partial charge in [-0.15, -0.1) is 0 Å². The molecule has 2 aromatic carbocycles. The molecule has 0 fully saturated rings. The molecule has 0 unspecified atom stereocenters. The molecule has 5 nitrogen and oxygen atoms in total. The lowest BCUT2D eigenvalue weighted by molar-refractivity contribution is -0.116. The molecule has 0 aliphatic carbocycles. The predicted molar refractivity (Wildman–Crippen MR) is 106 cm³/mol. The first-order valence-corrected chi connectivity index (χ1v) is 8.88. The summed E-state index contributed by atoms with van der Waals surface area (Å²) in [6.07, 6.45) is 1.67. The minimum atomic E-state index is -0.240. The minimum absolute atomic E-state index is 0.0525. The predicted octanol–water partition coefficient (Wildman–Crippen LogP) is 3.31. The molecule has 5 heteroatoms. The quantitative estimate of drug-likeness (QED) is 0.827. The Kier molecular flexibility index (Phi) is 5.04. The summed E-state index contributed by atoms with van der Waals surface area (Å²) in [6, 6.07) is 14.9. The molecule has 1 heterocycles. The third-order valence-corrected chi connectivity index (χ3v) is 4.96. The highest BCUT2D eigenvalue weighted by Gasteiger charge is 2.38. The van der Waals surface area contributed by atoms with E-state index < -0.39 is 0 Å². The lowest BCUT2D eigenvalue weighted by Gasteiger charge is -2.23. The highest BCUT2D eigenvalue weighted by Crippen LogP contribution is 2.46. The highest BCUT2D eigenvalue weighted by atomic mass is 16.5. The topological polar surface area (TPSA) is 58.6 Å². The van der Waals surface area contributed by atoms with Crippen molar-refractivity contribution in [2.24, 2.45) is 0 Å². The zero-order chi connectivity index (χ0) is 19.6. The van der Waals surface area contributed by atoms with Crippen LogP contribution in [-0.2, 0) is 10.2 Å². The van der Waals surface area contributed by atoms with Crippen LogP contribution >= 0.6 is 0 Å². The maximum atomic E-state index is 12.5. The van der Waals surface area contributed by atoms with Crippen molar-refractivity contribution in [1.29, 1.82) is 0 Å². The number of allylic oxidation sites excluding steroid dienone is 1. The fourth-order valence-corrected chi connectivity index (χ4v) is 3.45. The second-order valence-corrected chi connectivity index (χ2v) is 7.09. The van der Waals surface area contributed by atoms with Gasteiger partial charge in [0, 0.05) is 42.5 Å². The molecular formula is C22H24N2O3. The molecule has 3 rings (SSSR count). The molecule has 0 bridgehead atoms. The Balaban J connectivity index is 1.70. The van der Waals surface area contributed by atoms with E-state index in [9.17, 15) is 9.59 Å². The van der Waals surface area contributed by atoms with Crippen LogP contribution in [0.15, 0.2) is 60.3 Å². The average molecular weight is 364 g/mol. The summed E-state index contributed by atoms with van der Waals surface area (Å²) >= 11 is 0. The fraction of sp³-hybridized carbons (Fsp3) is 0.273. The van der Waals surface area contributed by atoms with Crippen molar-refractivity contribution in [3.63, 3.8) is 0 Å². The van der Waals surface area contributed by atoms with Crippen molar-refractivity contribution in [3.8, 4) is 5.75 Å². The Bertz CT molecular complexity index is 898. The second kappa shape index (κ2) is 7.27. The molecule has 27 heavy (non-hydrogen) atoms. The Labute approximate surface area is 159 Å². The zero-order valence-electron chi connectivity index (χ0n) is 16.1. The minimum Gasteiger partial charge on any atom is -0.485 e. The summed E-state index contributed by atoms with van der Waals surface area (Å²) in [7, 11) is 3.56. The van der Waals surface area contributed by atoms with Gasteiger partial charge in [-0.05, 0) is 35.9 Å². The van der Waals surface area contributed by atoms with Crippen LogP contribution in [0.1, 0.15) is 29.8 Å². The summed E-state index contributed by atoms with van der Waals surface area (Å²) < 4.78 is 5.58. The van der Waals surface area contributed by atoms with Crippen LogP contribution in [0.4, 0.5) is 5.69 Å². The number of anilines is 1. The van der Waals surface area contributed by atoms with Crippen LogP contribution < -0.4 is 15.0 Å². The number of likely N-dealkylation sites (N-methyl/N-ethyl adjacent to an activating group) is 1. The fourth-order valence-electron chi connectivity index (χ4n) is 3.45. The van der Waals surface area contributed by atoms with Crippen molar-refractivity contribution in [2.75, 3.05) is 25.6 Å². The number of ether oxygens (including phenoxy) is 1. The van der Waals surface area contributed by atoms with Gasteiger partial charge in [-0.25, -0.2) is 0 Å². The molecule has 2 aromatic rings. The van der Waals surface area contributed by atoms with E-state index in [1.54, 1.807) is 37.4 Å². The number of para-hydroxylation sites is 1. The van der Waals surface area contributed by atoms with E-state index in [1.165, 1.54) is 5.56 Å². The van der Waals surface area contributed by atoms with Crippen LogP contribution in [0.2, 0.25) is 0 Å². The molecule has 0 spiro atoms. The van der Waals surface area contributed by atoms with Gasteiger partial charge in [0.1, 0.15) is 5.75 Å². The van der Waals surface area contributed by atoms with Crippen LogP contribution in [0.5, 0.6) is 5.75 Å². The number of rotatable bonds is 5. The van der Waals surface area contributed by atoms with Gasteiger partial charge in [0.15, 0.2) is 12.4 Å². The summed E-state index contributed by atoms with van der Waals surface area (Å²) in [5.41, 5.74) is 3.58. The molecule has 1 N–H and O–H groups in total. The number of hydrogen-bond acceptors (Lipinski definition) is 4. The van der Waals surface area contributed by atoms with Crippen molar-refractivity contribution in [1.82, 2.24) is 5.32 Å². The monoisotopic (exact) mass is 364 g/mol. The van der Waals surface area contributed by atoms with Crippen molar-refractivity contribution in [2.45, 2.75) is 19.3 Å². The SMILES string of the molecule is CNC(=O)c1ccc(OCC(=O)/C=C2/N(C)c3ccccc3C2(C)C)cc1. The van der Waals surface area contributed by atoms with Crippen LogP contribution in [0, 0.1) is 0 Å². The first-order chi connectivity index (χ1) is 12.8. The molecule has 1 aliphatic heterocycles. The summed E-state index contributed by atoms with van der Waals surface area (Å²) in [5, 5.41) is 2.56. The number of nitrogens with one attached hydrogen (secondary N) is 1. The van der Waals surface area contributed by atoms with Crippen LogP contribution in [0.25, 0.3) is 0 Å². The number of carbonyl (C=O) groups excluding carboxylic acids is 2. The Morgan fingerprint density at radius 1 is 1.11 bits per heavy atom. The third-order valence-electron chi connectivity index (χ3n) is 4.96. The summed E-state index contributed by atoms with van der Waals surface area (Å²) in [4.78, 5) is 26.1. The van der Waals surface area contributed by atoms with Crippen molar-refractivity contribution >= 4 is 17.4 Å². The first kappa shape index (κ1) is 18.7. The second-order valence-electron chi connectivity index (χ2n) is 7.09. The van der Waals surface area contributed by atoms with Gasteiger partial charge in [0.05, 0.1) is 0 Å². The van der Waals surface area contributed by atoms with Gasteiger partial charge in [-0.3, -0.25) is 9.59 Å². The van der Waals surface area contributed by atoms with Crippen LogP contribution in [0.3, 0.4) is 0 Å². The molecule has 0 saturated heterocycles. The first-order valence-electron chi connectivity index (χ1n) is 8.88. The maximum absolute atomic E-state index is 12.5. The van der Waals surface area contributed by atoms with Crippen molar-refractivity contribution in [3.05, 3.63) is 71.4 Å². The molecule has 0 aromatic heterocycles. The number of amides is 1. The van der Waals surface area contributed by atoms with E-state index in [4.69, 9.17) is 4.74 Å². The number of carbonyl (C=O) groups is 2. The number of benzene rings is 2. The van der Waals surface area contributed by atoms with Gasteiger partial charge in [0.25, 0.3) is 5.91 Å². The zero-order valence-corrected chi connectivity index (χ0v) is 16.1. The van der Waals surface area contributed by atoms with E-state index in [-0.39, 0.29) is 23.7 Å². The molecule has 0 saturated carbocycles. The molecule has 140 valence electrons. The maximum Gasteiger partial charge on any atom is 0.251 e. The smallest absolute Gasteiger partial charge is 0.251 e. The lowest BCUT2D eigenvalue weighted by Crippen LogP contribution is -2.25. The van der Waals surface area contributed by atoms with E-state index in [1.807, 2.05) is 19.2 Å². The summed E-state index contributed by atoms with van der Waals surface area (Å²) in [5.74, 6) is 0.290. The standard InChI is InChI=1S/C22H24N2O3/c1-22(2)18-7-5-6-8-19(18)24(4)20(22)13-16(25)14-27-17-11-9-15(10-12-17)21(26)23-3/h5-13H,14H2,1-4H3,(H,23,26)/b20-13+. The van der Waals surface area contributed by atoms with Gasteiger partial charge < -0.3 is 15.0 Å². The van der Waals surface area contributed by atoms with Gasteiger partial charge in [0.2, 0.25) is 0 Å². The average Bonchev–Trinajstić information content (AvgIpc) is 2.87. The Morgan fingerprint density at radius 2 is 1.78 bits per heavy atom. The molecule has 0 radical (unpaired) electrons. The lowest BCUT2D eigenvalue weighted by atomic mass is 9.83. The molecule has 0 atom stereocenters. The summed E-state index contributed by atoms with van der Waals surface area (Å²) in [6.45, 7) is 4.18. The molecule has 1 aliphatic rings. The number of nitrogens with zero attached hydrogens (tertiary/aromatic N) is 1. The highest BCUT2D eigenvalue weighted by molar-refractivity contribution is 5.94. The van der Waals surface area contributed by atoms with Gasteiger partial charge in [-0.2, -0.15) is 0 Å². The number of fused-ring (bicyclic) bond motifs is 1. The van der Waals surface area contributed by atoms with E-state index in [0.717, 1.165) is 11.4 Å². The molecule has 1 amide bonds. The number of hydrogen-bond donors (Lipinski definition) is 1. The number of ketones is 1. The normalized spacial score (nSPS) is 16.1. The van der Waals surface area contributed by atoms with E-state index in [0.29, 0.717) is 11.3 Å². The van der Waals surface area contributed by atoms with Gasteiger partial charge in [-0.1, -0.05) is 32.0 Å². The largest absolute Gasteiger partial charge is 0.485 e. The molecular weight excluding hydrogens is 340 g/mol. The van der Waals surface area contributed by atoms with Gasteiger partial charge >= 0.3 is 0 Å². The van der Waals surface area contributed by atoms with E-state index in [2.05, 4.69) is 36.2 Å². The van der Waals surface area contributed by atoms with Crippen molar-refractivity contribution < 1.29 is 14.3 Å².